The lowest BCUT2D eigenvalue weighted by Gasteiger charge is -2.32. The van der Waals surface area contributed by atoms with Gasteiger partial charge in [0, 0.05) is 26.7 Å². The molecule has 1 aliphatic rings. The zero-order chi connectivity index (χ0) is 17.1. The van der Waals surface area contributed by atoms with Crippen molar-refractivity contribution >= 4 is 17.3 Å². The summed E-state index contributed by atoms with van der Waals surface area (Å²) in [5.41, 5.74) is 1.39. The summed E-state index contributed by atoms with van der Waals surface area (Å²) in [5.74, 6) is -0.218. The fraction of sp³-hybridized carbons (Fsp3) is 0.412. The van der Waals surface area contributed by atoms with E-state index in [-0.39, 0.29) is 22.4 Å². The average molecular weight is 351 g/mol. The van der Waals surface area contributed by atoms with Crippen LogP contribution < -0.4 is 10.9 Å². The molecule has 0 saturated carbocycles. The Labute approximate surface area is 145 Å². The lowest BCUT2D eigenvalue weighted by atomic mass is 10.0. The molecule has 128 valence electrons. The number of rotatable bonds is 4. The van der Waals surface area contributed by atoms with E-state index < -0.39 is 0 Å². The molecule has 1 aromatic heterocycles. The van der Waals surface area contributed by atoms with Crippen LogP contribution in [-0.4, -0.2) is 34.8 Å². The number of hydrogen-bond acceptors (Lipinski definition) is 4. The fourth-order valence-electron chi connectivity index (χ4n) is 3.05. The summed E-state index contributed by atoms with van der Waals surface area (Å²) >= 11 is 6.09. The van der Waals surface area contributed by atoms with Crippen molar-refractivity contribution in [2.24, 2.45) is 0 Å². The summed E-state index contributed by atoms with van der Waals surface area (Å²) in [6, 6.07) is 6.65. The first kappa shape index (κ1) is 16.9. The highest BCUT2D eigenvalue weighted by Crippen LogP contribution is 2.23. The molecule has 7 heteroatoms. The predicted octanol–water partition coefficient (Wildman–Crippen LogP) is 2.91. The van der Waals surface area contributed by atoms with Gasteiger partial charge in [0.2, 0.25) is 0 Å². The maximum absolute atomic E-state index is 13.0. The molecule has 5 nitrogen and oxygen atoms in total. The van der Waals surface area contributed by atoms with Crippen molar-refractivity contribution in [2.45, 2.75) is 25.4 Å². The number of hydrogen-bond donors (Lipinski definition) is 1. The van der Waals surface area contributed by atoms with Crippen LogP contribution in [-0.2, 0) is 6.54 Å². The second-order valence-electron chi connectivity index (χ2n) is 6.01. The first-order chi connectivity index (χ1) is 11.6. The SMILES string of the molecule is CNc1cnn(C2CCN(Cc3ccc(F)cc3)CC2)c(=O)c1Cl. The van der Waals surface area contributed by atoms with Gasteiger partial charge < -0.3 is 5.32 Å². The molecule has 1 N–H and O–H groups in total. The Hall–Kier alpha value is -1.92. The summed E-state index contributed by atoms with van der Waals surface area (Å²) in [7, 11) is 1.71. The normalized spacial score (nSPS) is 16.3. The first-order valence-electron chi connectivity index (χ1n) is 8.00. The van der Waals surface area contributed by atoms with Gasteiger partial charge in [0.25, 0.3) is 5.56 Å². The van der Waals surface area contributed by atoms with Gasteiger partial charge in [-0.3, -0.25) is 9.69 Å². The summed E-state index contributed by atoms with van der Waals surface area (Å²) in [6.45, 7) is 2.51. The second kappa shape index (κ2) is 7.32. The van der Waals surface area contributed by atoms with Crippen molar-refractivity contribution in [3.05, 3.63) is 57.2 Å². The zero-order valence-corrected chi connectivity index (χ0v) is 14.3. The van der Waals surface area contributed by atoms with Gasteiger partial charge in [-0.2, -0.15) is 5.10 Å². The van der Waals surface area contributed by atoms with E-state index in [2.05, 4.69) is 15.3 Å². The Bertz CT molecular complexity index is 754. The molecule has 0 spiro atoms. The highest BCUT2D eigenvalue weighted by Gasteiger charge is 2.23. The van der Waals surface area contributed by atoms with Crippen LogP contribution in [0.3, 0.4) is 0 Å². The maximum Gasteiger partial charge on any atom is 0.287 e. The first-order valence-corrected chi connectivity index (χ1v) is 8.38. The molecule has 24 heavy (non-hydrogen) atoms. The number of halogens is 2. The van der Waals surface area contributed by atoms with E-state index in [0.29, 0.717) is 5.69 Å². The monoisotopic (exact) mass is 350 g/mol. The number of benzene rings is 1. The Morgan fingerprint density at radius 3 is 2.58 bits per heavy atom. The van der Waals surface area contributed by atoms with Crippen LogP contribution in [0.15, 0.2) is 35.3 Å². The van der Waals surface area contributed by atoms with E-state index in [1.165, 1.54) is 16.8 Å². The molecule has 1 saturated heterocycles. The lowest BCUT2D eigenvalue weighted by molar-refractivity contribution is 0.170. The van der Waals surface area contributed by atoms with Crippen LogP contribution >= 0.6 is 11.6 Å². The Morgan fingerprint density at radius 1 is 1.29 bits per heavy atom. The quantitative estimate of drug-likeness (QED) is 0.921. The molecular weight excluding hydrogens is 331 g/mol. The maximum atomic E-state index is 13.0. The van der Waals surface area contributed by atoms with Gasteiger partial charge in [0.15, 0.2) is 0 Å². The highest BCUT2D eigenvalue weighted by molar-refractivity contribution is 6.32. The van der Waals surface area contributed by atoms with Gasteiger partial charge in [0.1, 0.15) is 10.8 Å². The van der Waals surface area contributed by atoms with Gasteiger partial charge in [-0.1, -0.05) is 23.7 Å². The van der Waals surface area contributed by atoms with Crippen molar-refractivity contribution in [1.82, 2.24) is 14.7 Å². The Balaban J connectivity index is 1.64. The molecule has 0 aliphatic carbocycles. The molecule has 1 aromatic carbocycles. The van der Waals surface area contributed by atoms with Crippen LogP contribution in [0.5, 0.6) is 0 Å². The van der Waals surface area contributed by atoms with Crippen LogP contribution in [0.25, 0.3) is 0 Å². The largest absolute Gasteiger partial charge is 0.385 e. The smallest absolute Gasteiger partial charge is 0.287 e. The molecule has 3 rings (SSSR count). The topological polar surface area (TPSA) is 50.2 Å². The number of nitrogens with zero attached hydrogens (tertiary/aromatic N) is 3. The van der Waals surface area contributed by atoms with Gasteiger partial charge in [-0.15, -0.1) is 0 Å². The van der Waals surface area contributed by atoms with Gasteiger partial charge in [0.05, 0.1) is 17.9 Å². The van der Waals surface area contributed by atoms with Crippen molar-refractivity contribution in [3.8, 4) is 0 Å². The van der Waals surface area contributed by atoms with Crippen LogP contribution in [0.2, 0.25) is 5.02 Å². The Morgan fingerprint density at radius 2 is 1.96 bits per heavy atom. The Kier molecular flexibility index (Phi) is 5.16. The van der Waals surface area contributed by atoms with E-state index in [0.717, 1.165) is 38.0 Å². The fourth-order valence-corrected chi connectivity index (χ4v) is 3.28. The number of piperidine rings is 1. The third kappa shape index (κ3) is 3.60. The number of likely N-dealkylation sites (tertiary alicyclic amines) is 1. The van der Waals surface area contributed by atoms with E-state index in [1.54, 1.807) is 13.2 Å². The number of nitrogens with one attached hydrogen (secondary N) is 1. The molecular formula is C17H20ClFN4O. The lowest BCUT2D eigenvalue weighted by Crippen LogP contribution is -2.38. The molecule has 0 unspecified atom stereocenters. The number of aromatic nitrogens is 2. The third-order valence-corrected chi connectivity index (χ3v) is 4.80. The molecule has 2 aromatic rings. The minimum atomic E-state index is -0.250. The minimum absolute atomic E-state index is 0.0605. The highest BCUT2D eigenvalue weighted by atomic mass is 35.5. The molecule has 2 heterocycles. The standard InChI is InChI=1S/C17H20ClFN4O/c1-20-15-10-21-23(17(24)16(15)18)14-6-8-22(9-7-14)11-12-2-4-13(19)5-3-12/h2-5,10,14,20H,6-9,11H2,1H3. The van der Waals surface area contributed by atoms with Crippen LogP contribution in [0, 0.1) is 5.82 Å². The molecule has 0 atom stereocenters. The average Bonchev–Trinajstić information content (AvgIpc) is 2.60. The minimum Gasteiger partial charge on any atom is -0.385 e. The van der Waals surface area contributed by atoms with Gasteiger partial charge in [-0.05, 0) is 30.5 Å². The van der Waals surface area contributed by atoms with Crippen LogP contribution in [0.4, 0.5) is 10.1 Å². The van der Waals surface area contributed by atoms with Crippen molar-refractivity contribution < 1.29 is 4.39 Å². The molecule has 0 radical (unpaired) electrons. The van der Waals surface area contributed by atoms with E-state index >= 15 is 0 Å². The van der Waals surface area contributed by atoms with E-state index in [9.17, 15) is 9.18 Å². The van der Waals surface area contributed by atoms with Crippen molar-refractivity contribution in [3.63, 3.8) is 0 Å². The summed E-state index contributed by atoms with van der Waals surface area (Å²) in [4.78, 5) is 14.6. The molecule has 1 fully saturated rings. The van der Waals surface area contributed by atoms with Crippen molar-refractivity contribution in [2.75, 3.05) is 25.5 Å². The van der Waals surface area contributed by atoms with Crippen LogP contribution in [0.1, 0.15) is 24.4 Å². The molecule has 0 bridgehead atoms. The predicted molar refractivity (Wildman–Crippen MR) is 93.0 cm³/mol. The second-order valence-corrected chi connectivity index (χ2v) is 6.38. The van der Waals surface area contributed by atoms with Gasteiger partial charge >= 0.3 is 0 Å². The summed E-state index contributed by atoms with van der Waals surface area (Å²) in [5, 5.41) is 7.29. The van der Waals surface area contributed by atoms with E-state index in [4.69, 9.17) is 11.6 Å². The molecule has 0 amide bonds. The third-order valence-electron chi connectivity index (χ3n) is 4.44. The number of anilines is 1. The van der Waals surface area contributed by atoms with Gasteiger partial charge in [-0.25, -0.2) is 9.07 Å². The molecule has 1 aliphatic heterocycles. The summed E-state index contributed by atoms with van der Waals surface area (Å²) < 4.78 is 14.5. The van der Waals surface area contributed by atoms with E-state index in [1.807, 2.05) is 12.1 Å². The van der Waals surface area contributed by atoms with Crippen molar-refractivity contribution in [1.29, 1.82) is 0 Å². The summed E-state index contributed by atoms with van der Waals surface area (Å²) in [6.07, 6.45) is 3.27. The zero-order valence-electron chi connectivity index (χ0n) is 13.5.